The van der Waals surface area contributed by atoms with E-state index in [4.69, 9.17) is 0 Å². The van der Waals surface area contributed by atoms with Crippen molar-refractivity contribution >= 4 is 5.91 Å². The third-order valence-corrected chi connectivity index (χ3v) is 3.04. The molecule has 0 aliphatic carbocycles. The smallest absolute Gasteiger partial charge is 0.225 e. The van der Waals surface area contributed by atoms with E-state index in [0.717, 1.165) is 6.42 Å². The van der Waals surface area contributed by atoms with Gasteiger partial charge in [-0.15, -0.1) is 0 Å². The fourth-order valence-electron chi connectivity index (χ4n) is 2.20. The molecule has 1 aliphatic heterocycles. The number of hydrogen-bond acceptors (Lipinski definition) is 2. The highest BCUT2D eigenvalue weighted by Crippen LogP contribution is 2.17. The van der Waals surface area contributed by atoms with Gasteiger partial charge in [-0.05, 0) is 18.9 Å². The summed E-state index contributed by atoms with van der Waals surface area (Å²) in [6.45, 7) is 2.51. The van der Waals surface area contributed by atoms with Gasteiger partial charge in [-0.1, -0.05) is 30.3 Å². The van der Waals surface area contributed by atoms with Crippen molar-refractivity contribution in [3.8, 4) is 0 Å². The standard InChI is InChI=1S/C13H17NO2/c1-10(7-11-5-3-2-4-6-11)14-9-12(15)8-13(14)16/h2-6,10,12,15H,7-9H2,1H3. The molecule has 1 N–H and O–H groups in total. The van der Waals surface area contributed by atoms with E-state index in [-0.39, 0.29) is 18.4 Å². The predicted octanol–water partition coefficient (Wildman–Crippen LogP) is 1.21. The van der Waals surface area contributed by atoms with Crippen LogP contribution in [-0.2, 0) is 11.2 Å². The van der Waals surface area contributed by atoms with E-state index in [2.05, 4.69) is 12.1 Å². The Morgan fingerprint density at radius 3 is 2.69 bits per heavy atom. The van der Waals surface area contributed by atoms with Gasteiger partial charge in [-0.25, -0.2) is 0 Å². The van der Waals surface area contributed by atoms with E-state index in [1.807, 2.05) is 25.1 Å². The minimum absolute atomic E-state index is 0.0657. The van der Waals surface area contributed by atoms with Crippen LogP contribution >= 0.6 is 0 Å². The molecule has 2 atom stereocenters. The third-order valence-electron chi connectivity index (χ3n) is 3.04. The molecule has 3 nitrogen and oxygen atoms in total. The molecule has 0 spiro atoms. The van der Waals surface area contributed by atoms with Crippen molar-refractivity contribution in [3.63, 3.8) is 0 Å². The second kappa shape index (κ2) is 4.66. The van der Waals surface area contributed by atoms with Crippen LogP contribution in [0.5, 0.6) is 0 Å². The Kier molecular flexibility index (Phi) is 3.25. The molecule has 1 aromatic carbocycles. The number of β-amino-alcohol motifs (C(OH)–C–C–N with tert-alkyl or cyclic N) is 1. The number of carbonyl (C=O) groups is 1. The Labute approximate surface area is 95.7 Å². The monoisotopic (exact) mass is 219 g/mol. The molecule has 1 saturated heterocycles. The molecule has 0 saturated carbocycles. The van der Waals surface area contributed by atoms with Gasteiger partial charge in [0.15, 0.2) is 0 Å². The first-order chi connectivity index (χ1) is 7.66. The van der Waals surface area contributed by atoms with Gasteiger partial charge in [0.1, 0.15) is 0 Å². The molecule has 1 aliphatic rings. The van der Waals surface area contributed by atoms with Crippen LogP contribution in [0, 0.1) is 0 Å². The van der Waals surface area contributed by atoms with E-state index in [9.17, 15) is 9.90 Å². The zero-order valence-electron chi connectivity index (χ0n) is 9.47. The Balaban J connectivity index is 1.98. The lowest BCUT2D eigenvalue weighted by atomic mass is 10.1. The van der Waals surface area contributed by atoms with Crippen molar-refractivity contribution < 1.29 is 9.90 Å². The second-order valence-electron chi connectivity index (χ2n) is 4.44. The van der Waals surface area contributed by atoms with Gasteiger partial charge in [0, 0.05) is 12.6 Å². The number of rotatable bonds is 3. The van der Waals surface area contributed by atoms with Crippen LogP contribution in [0.1, 0.15) is 18.9 Å². The van der Waals surface area contributed by atoms with Crippen LogP contribution in [0.15, 0.2) is 30.3 Å². The molecule has 1 fully saturated rings. The van der Waals surface area contributed by atoms with Gasteiger partial charge in [0.25, 0.3) is 0 Å². The minimum atomic E-state index is -0.481. The van der Waals surface area contributed by atoms with E-state index < -0.39 is 6.10 Å². The van der Waals surface area contributed by atoms with Crippen molar-refractivity contribution in [1.82, 2.24) is 4.90 Å². The summed E-state index contributed by atoms with van der Waals surface area (Å²) in [6.07, 6.45) is 0.643. The lowest BCUT2D eigenvalue weighted by Crippen LogP contribution is -2.36. The largest absolute Gasteiger partial charge is 0.391 e. The number of amides is 1. The summed E-state index contributed by atoms with van der Waals surface area (Å²) >= 11 is 0. The van der Waals surface area contributed by atoms with Crippen LogP contribution < -0.4 is 0 Å². The van der Waals surface area contributed by atoms with Crippen LogP contribution in [0.2, 0.25) is 0 Å². The SMILES string of the molecule is CC(Cc1ccccc1)N1CC(O)CC1=O. The summed E-state index contributed by atoms with van der Waals surface area (Å²) in [7, 11) is 0. The fourth-order valence-corrected chi connectivity index (χ4v) is 2.20. The maximum Gasteiger partial charge on any atom is 0.225 e. The molecule has 16 heavy (non-hydrogen) atoms. The topological polar surface area (TPSA) is 40.5 Å². The third kappa shape index (κ3) is 2.42. The average Bonchev–Trinajstić information content (AvgIpc) is 2.59. The minimum Gasteiger partial charge on any atom is -0.391 e. The van der Waals surface area contributed by atoms with Gasteiger partial charge in [0.05, 0.1) is 12.5 Å². The maximum absolute atomic E-state index is 11.6. The highest BCUT2D eigenvalue weighted by molar-refractivity contribution is 5.79. The molecular weight excluding hydrogens is 202 g/mol. The Morgan fingerprint density at radius 1 is 1.44 bits per heavy atom. The highest BCUT2D eigenvalue weighted by atomic mass is 16.3. The Bertz CT molecular complexity index is 363. The number of nitrogens with zero attached hydrogens (tertiary/aromatic N) is 1. The Hall–Kier alpha value is -1.35. The molecule has 3 heteroatoms. The first-order valence-corrected chi connectivity index (χ1v) is 5.68. The number of aliphatic hydroxyl groups is 1. The summed E-state index contributed by atoms with van der Waals surface area (Å²) < 4.78 is 0. The first-order valence-electron chi connectivity index (χ1n) is 5.68. The summed E-state index contributed by atoms with van der Waals surface area (Å²) in [5.74, 6) is 0.0657. The molecule has 0 radical (unpaired) electrons. The second-order valence-corrected chi connectivity index (χ2v) is 4.44. The van der Waals surface area contributed by atoms with E-state index in [1.54, 1.807) is 4.90 Å². The summed E-state index contributed by atoms with van der Waals surface area (Å²) in [5.41, 5.74) is 1.23. The van der Waals surface area contributed by atoms with Crippen LogP contribution in [0.25, 0.3) is 0 Å². The van der Waals surface area contributed by atoms with Crippen LogP contribution in [0.3, 0.4) is 0 Å². The molecule has 2 unspecified atom stereocenters. The van der Waals surface area contributed by atoms with Crippen LogP contribution in [0.4, 0.5) is 0 Å². The number of benzene rings is 1. The summed E-state index contributed by atoms with van der Waals surface area (Å²) in [4.78, 5) is 13.4. The van der Waals surface area contributed by atoms with Crippen LogP contribution in [-0.4, -0.2) is 34.6 Å². The van der Waals surface area contributed by atoms with Gasteiger partial charge in [-0.3, -0.25) is 4.79 Å². The van der Waals surface area contributed by atoms with E-state index >= 15 is 0 Å². The van der Waals surface area contributed by atoms with Gasteiger partial charge in [0.2, 0.25) is 5.91 Å². The van der Waals surface area contributed by atoms with E-state index in [0.29, 0.717) is 6.54 Å². The van der Waals surface area contributed by atoms with Crippen molar-refractivity contribution in [2.24, 2.45) is 0 Å². The zero-order chi connectivity index (χ0) is 11.5. The van der Waals surface area contributed by atoms with Gasteiger partial charge in [-0.2, -0.15) is 0 Å². The molecule has 0 bridgehead atoms. The quantitative estimate of drug-likeness (QED) is 0.830. The molecule has 1 amide bonds. The molecule has 1 heterocycles. The molecule has 0 aromatic heterocycles. The van der Waals surface area contributed by atoms with E-state index in [1.165, 1.54) is 5.56 Å². The van der Waals surface area contributed by atoms with Crippen molar-refractivity contribution in [1.29, 1.82) is 0 Å². The molecular formula is C13H17NO2. The van der Waals surface area contributed by atoms with Gasteiger partial charge >= 0.3 is 0 Å². The summed E-state index contributed by atoms with van der Waals surface area (Å²) in [6, 6.07) is 10.3. The first kappa shape index (κ1) is 11.1. The molecule has 2 rings (SSSR count). The Morgan fingerprint density at radius 2 is 2.12 bits per heavy atom. The lowest BCUT2D eigenvalue weighted by Gasteiger charge is -2.24. The van der Waals surface area contributed by atoms with Crippen molar-refractivity contribution in [2.45, 2.75) is 31.9 Å². The predicted molar refractivity (Wildman–Crippen MR) is 61.9 cm³/mol. The number of carbonyl (C=O) groups excluding carboxylic acids is 1. The molecule has 1 aromatic rings. The number of aliphatic hydroxyl groups excluding tert-OH is 1. The maximum atomic E-state index is 11.6. The fraction of sp³-hybridized carbons (Fsp3) is 0.462. The average molecular weight is 219 g/mol. The van der Waals surface area contributed by atoms with Crippen molar-refractivity contribution in [2.75, 3.05) is 6.54 Å². The summed E-state index contributed by atoms with van der Waals surface area (Å²) in [5, 5.41) is 9.42. The van der Waals surface area contributed by atoms with Crippen molar-refractivity contribution in [3.05, 3.63) is 35.9 Å². The number of hydrogen-bond donors (Lipinski definition) is 1. The van der Waals surface area contributed by atoms with Gasteiger partial charge < -0.3 is 10.0 Å². The number of likely N-dealkylation sites (tertiary alicyclic amines) is 1. The normalized spacial score (nSPS) is 22.5. The lowest BCUT2D eigenvalue weighted by molar-refractivity contribution is -0.129. The molecule has 86 valence electrons. The zero-order valence-corrected chi connectivity index (χ0v) is 9.47. The highest BCUT2D eigenvalue weighted by Gasteiger charge is 2.31.